The lowest BCUT2D eigenvalue weighted by Gasteiger charge is -2.47. The quantitative estimate of drug-likeness (QED) is 0.685. The van der Waals surface area contributed by atoms with E-state index in [-0.39, 0.29) is 11.4 Å². The summed E-state index contributed by atoms with van der Waals surface area (Å²) in [6, 6.07) is 0.609. The predicted octanol–water partition coefficient (Wildman–Crippen LogP) is 0.339. The van der Waals surface area contributed by atoms with Crippen molar-refractivity contribution in [2.45, 2.75) is 43.7 Å². The molecule has 0 heterocycles. The highest BCUT2D eigenvalue weighted by molar-refractivity contribution is 5.78. The van der Waals surface area contributed by atoms with Gasteiger partial charge >= 0.3 is 0 Å². The zero-order valence-corrected chi connectivity index (χ0v) is 10.4. The lowest BCUT2D eigenvalue weighted by Crippen LogP contribution is -2.57. The summed E-state index contributed by atoms with van der Waals surface area (Å²) in [7, 11) is 4.21. The third kappa shape index (κ3) is 2.74. The molecule has 0 atom stereocenters. The van der Waals surface area contributed by atoms with E-state index in [4.69, 9.17) is 0 Å². The monoisotopic (exact) mass is 225 g/mol. The highest BCUT2D eigenvalue weighted by Crippen LogP contribution is 2.35. The molecule has 1 amide bonds. The Morgan fingerprint density at radius 1 is 1.38 bits per heavy atom. The van der Waals surface area contributed by atoms with E-state index in [0.29, 0.717) is 12.6 Å². The van der Waals surface area contributed by atoms with Crippen LogP contribution in [-0.4, -0.2) is 49.6 Å². The van der Waals surface area contributed by atoms with Crippen LogP contribution in [0, 0.1) is 0 Å². The van der Waals surface area contributed by atoms with Crippen molar-refractivity contribution in [2.24, 2.45) is 0 Å². The number of nitrogens with zero attached hydrogens (tertiary/aromatic N) is 1. The van der Waals surface area contributed by atoms with Crippen LogP contribution >= 0.6 is 0 Å². The van der Waals surface area contributed by atoms with Crippen molar-refractivity contribution >= 4 is 5.91 Å². The van der Waals surface area contributed by atoms with Crippen LogP contribution < -0.4 is 10.6 Å². The van der Waals surface area contributed by atoms with E-state index in [1.54, 1.807) is 0 Å². The number of carbonyl (C=O) groups excluding carboxylic acids is 1. The molecule has 2 saturated carbocycles. The molecule has 4 nitrogen and oxygen atoms in total. The van der Waals surface area contributed by atoms with E-state index in [2.05, 4.69) is 29.6 Å². The van der Waals surface area contributed by atoms with Gasteiger partial charge in [0, 0.05) is 18.1 Å². The van der Waals surface area contributed by atoms with E-state index in [1.807, 2.05) is 0 Å². The maximum Gasteiger partial charge on any atom is 0.234 e. The van der Waals surface area contributed by atoms with Crippen LogP contribution in [0.2, 0.25) is 0 Å². The van der Waals surface area contributed by atoms with Crippen LogP contribution in [0.25, 0.3) is 0 Å². The van der Waals surface area contributed by atoms with Gasteiger partial charge < -0.3 is 15.5 Å². The van der Waals surface area contributed by atoms with Crippen LogP contribution in [0.1, 0.15) is 32.1 Å². The average Bonchev–Trinajstić information content (AvgIpc) is 2.95. The molecule has 0 radical (unpaired) electrons. The number of nitrogens with one attached hydrogen (secondary N) is 2. The summed E-state index contributed by atoms with van der Waals surface area (Å²) in [4.78, 5) is 13.8. The Balaban J connectivity index is 1.66. The Morgan fingerprint density at radius 3 is 2.50 bits per heavy atom. The smallest absolute Gasteiger partial charge is 0.234 e. The van der Waals surface area contributed by atoms with Gasteiger partial charge in [0.15, 0.2) is 0 Å². The summed E-state index contributed by atoms with van der Waals surface area (Å²) in [6.45, 7) is 1.28. The molecule has 2 rings (SSSR count). The summed E-state index contributed by atoms with van der Waals surface area (Å²) < 4.78 is 0. The summed E-state index contributed by atoms with van der Waals surface area (Å²) in [6.07, 6.45) is 6.16. The second-order valence-corrected chi connectivity index (χ2v) is 5.40. The SMILES string of the molecule is CN(C)C1(CNC(=O)CNC2CC2)CCC1. The molecule has 2 aliphatic rings. The van der Waals surface area contributed by atoms with Gasteiger partial charge in [-0.15, -0.1) is 0 Å². The maximum atomic E-state index is 11.6. The highest BCUT2D eigenvalue weighted by atomic mass is 16.1. The second kappa shape index (κ2) is 4.72. The molecule has 4 heteroatoms. The maximum absolute atomic E-state index is 11.6. The fraction of sp³-hybridized carbons (Fsp3) is 0.917. The van der Waals surface area contributed by atoms with E-state index in [0.717, 1.165) is 6.54 Å². The molecule has 0 aromatic heterocycles. The normalized spacial score (nSPS) is 22.9. The van der Waals surface area contributed by atoms with Gasteiger partial charge in [-0.1, -0.05) is 0 Å². The molecule has 0 bridgehead atoms. The lowest BCUT2D eigenvalue weighted by molar-refractivity contribution is -0.121. The molecule has 2 N–H and O–H groups in total. The molecule has 0 spiro atoms. The van der Waals surface area contributed by atoms with Crippen LogP contribution in [0.5, 0.6) is 0 Å². The van der Waals surface area contributed by atoms with E-state index in [1.165, 1.54) is 32.1 Å². The number of likely N-dealkylation sites (N-methyl/N-ethyl adjacent to an activating group) is 1. The zero-order valence-electron chi connectivity index (χ0n) is 10.4. The van der Waals surface area contributed by atoms with Gasteiger partial charge in [0.05, 0.1) is 6.54 Å². The molecule has 2 fully saturated rings. The first-order valence-electron chi connectivity index (χ1n) is 6.30. The molecule has 16 heavy (non-hydrogen) atoms. The van der Waals surface area contributed by atoms with Gasteiger partial charge in [-0.3, -0.25) is 4.79 Å². The zero-order chi connectivity index (χ0) is 11.6. The van der Waals surface area contributed by atoms with Crippen molar-refractivity contribution in [3.05, 3.63) is 0 Å². The Hall–Kier alpha value is -0.610. The molecule has 92 valence electrons. The van der Waals surface area contributed by atoms with E-state index >= 15 is 0 Å². The first-order chi connectivity index (χ1) is 7.62. The number of carbonyl (C=O) groups is 1. The van der Waals surface area contributed by atoms with E-state index in [9.17, 15) is 4.79 Å². The fourth-order valence-electron chi connectivity index (χ4n) is 2.22. The Kier molecular flexibility index (Phi) is 3.50. The highest BCUT2D eigenvalue weighted by Gasteiger charge is 2.39. The van der Waals surface area contributed by atoms with Gasteiger partial charge in [0.25, 0.3) is 0 Å². The summed E-state index contributed by atoms with van der Waals surface area (Å²) >= 11 is 0. The molecular weight excluding hydrogens is 202 g/mol. The lowest BCUT2D eigenvalue weighted by atomic mass is 9.75. The third-order valence-corrected chi connectivity index (χ3v) is 3.98. The van der Waals surface area contributed by atoms with Gasteiger partial charge in [0.2, 0.25) is 5.91 Å². The summed E-state index contributed by atoms with van der Waals surface area (Å²) in [5, 5.41) is 6.28. The second-order valence-electron chi connectivity index (χ2n) is 5.40. The fourth-order valence-corrected chi connectivity index (χ4v) is 2.22. The number of hydrogen-bond acceptors (Lipinski definition) is 3. The first-order valence-corrected chi connectivity index (χ1v) is 6.30. The topological polar surface area (TPSA) is 44.4 Å². The molecule has 0 aliphatic heterocycles. The minimum atomic E-state index is 0.139. The van der Waals surface area contributed by atoms with Crippen LogP contribution in [0.4, 0.5) is 0 Å². The Morgan fingerprint density at radius 2 is 2.06 bits per heavy atom. The summed E-state index contributed by atoms with van der Waals surface area (Å²) in [5.41, 5.74) is 0.231. The van der Waals surface area contributed by atoms with Gasteiger partial charge in [-0.2, -0.15) is 0 Å². The van der Waals surface area contributed by atoms with Crippen molar-refractivity contribution < 1.29 is 4.79 Å². The van der Waals surface area contributed by atoms with E-state index < -0.39 is 0 Å². The molecule has 2 aliphatic carbocycles. The number of hydrogen-bond donors (Lipinski definition) is 2. The van der Waals surface area contributed by atoms with Crippen LogP contribution in [0.15, 0.2) is 0 Å². The standard InChI is InChI=1S/C12H23N3O/c1-15(2)12(6-3-7-12)9-14-11(16)8-13-10-4-5-10/h10,13H,3-9H2,1-2H3,(H,14,16). The number of rotatable bonds is 6. The molecular formula is C12H23N3O. The predicted molar refractivity (Wildman–Crippen MR) is 64.3 cm³/mol. The van der Waals surface area contributed by atoms with Gasteiger partial charge in [0.1, 0.15) is 0 Å². The van der Waals surface area contributed by atoms with Crippen molar-refractivity contribution in [3.8, 4) is 0 Å². The molecule has 0 unspecified atom stereocenters. The van der Waals surface area contributed by atoms with Crippen molar-refractivity contribution in [1.82, 2.24) is 15.5 Å². The number of amides is 1. The van der Waals surface area contributed by atoms with Crippen molar-refractivity contribution in [1.29, 1.82) is 0 Å². The van der Waals surface area contributed by atoms with Crippen molar-refractivity contribution in [3.63, 3.8) is 0 Å². The summed E-state index contributed by atoms with van der Waals surface area (Å²) in [5.74, 6) is 0.139. The molecule has 0 aromatic carbocycles. The molecule has 0 saturated heterocycles. The Bertz CT molecular complexity index is 257. The first kappa shape index (κ1) is 11.9. The average molecular weight is 225 g/mol. The minimum Gasteiger partial charge on any atom is -0.353 e. The van der Waals surface area contributed by atoms with Crippen LogP contribution in [0.3, 0.4) is 0 Å². The minimum absolute atomic E-state index is 0.139. The van der Waals surface area contributed by atoms with Crippen LogP contribution in [-0.2, 0) is 4.79 Å². The third-order valence-electron chi connectivity index (χ3n) is 3.98. The van der Waals surface area contributed by atoms with Gasteiger partial charge in [-0.25, -0.2) is 0 Å². The molecule has 0 aromatic rings. The van der Waals surface area contributed by atoms with Crippen molar-refractivity contribution in [2.75, 3.05) is 27.2 Å². The largest absolute Gasteiger partial charge is 0.353 e. The Labute approximate surface area is 97.8 Å². The van der Waals surface area contributed by atoms with Gasteiger partial charge in [-0.05, 0) is 46.2 Å².